The summed E-state index contributed by atoms with van der Waals surface area (Å²) in [6.45, 7) is 1.84. The molecule has 0 radical (unpaired) electrons. The number of ketones is 1. The molecule has 0 saturated carbocycles. The van der Waals surface area contributed by atoms with E-state index in [1.807, 2.05) is 6.92 Å². The number of carbonyl (C=O) groups is 1. The third-order valence-electron chi connectivity index (χ3n) is 2.01. The molecule has 6 heteroatoms. The molecule has 1 rings (SSSR count). The van der Waals surface area contributed by atoms with Crippen LogP contribution in [0.4, 0.5) is 5.69 Å². The van der Waals surface area contributed by atoms with Crippen molar-refractivity contribution in [2.24, 2.45) is 0 Å². The van der Waals surface area contributed by atoms with Crippen molar-refractivity contribution in [2.75, 3.05) is 0 Å². The fourth-order valence-corrected chi connectivity index (χ4v) is 1.81. The van der Waals surface area contributed by atoms with Crippen LogP contribution in [0.1, 0.15) is 30.1 Å². The first-order chi connectivity index (χ1) is 7.47. The van der Waals surface area contributed by atoms with Crippen LogP contribution in [-0.2, 0) is 0 Å². The monoisotopic (exact) mass is 261 g/mol. The Morgan fingerprint density at radius 1 is 1.38 bits per heavy atom. The van der Waals surface area contributed by atoms with Gasteiger partial charge in [0.25, 0.3) is 5.69 Å². The molecule has 0 atom stereocenters. The van der Waals surface area contributed by atoms with Crippen LogP contribution in [0.2, 0.25) is 10.0 Å². The number of rotatable bonds is 4. The van der Waals surface area contributed by atoms with Gasteiger partial charge in [0, 0.05) is 18.1 Å². The van der Waals surface area contributed by atoms with Crippen LogP contribution in [0.15, 0.2) is 12.1 Å². The zero-order valence-corrected chi connectivity index (χ0v) is 10.0. The Hall–Kier alpha value is -1.13. The van der Waals surface area contributed by atoms with Crippen LogP contribution in [-0.4, -0.2) is 10.7 Å². The van der Waals surface area contributed by atoms with Gasteiger partial charge in [-0.1, -0.05) is 30.1 Å². The Kier molecular flexibility index (Phi) is 4.26. The van der Waals surface area contributed by atoms with Gasteiger partial charge in [0.15, 0.2) is 5.78 Å². The molecule has 0 aromatic heterocycles. The Morgan fingerprint density at radius 3 is 2.50 bits per heavy atom. The van der Waals surface area contributed by atoms with E-state index in [4.69, 9.17) is 23.2 Å². The van der Waals surface area contributed by atoms with Crippen LogP contribution in [0.3, 0.4) is 0 Å². The van der Waals surface area contributed by atoms with E-state index in [9.17, 15) is 14.9 Å². The Morgan fingerprint density at radius 2 is 2.00 bits per heavy atom. The SMILES string of the molecule is CCCC(=O)c1cc([N+](=O)[O-])c(Cl)cc1Cl. The van der Waals surface area contributed by atoms with Crippen LogP contribution >= 0.6 is 23.2 Å². The summed E-state index contributed by atoms with van der Waals surface area (Å²) in [6.07, 6.45) is 0.962. The number of carbonyl (C=O) groups excluding carboxylic acids is 1. The maximum absolute atomic E-state index is 11.6. The molecule has 0 heterocycles. The molecule has 0 amide bonds. The van der Waals surface area contributed by atoms with Gasteiger partial charge >= 0.3 is 0 Å². The van der Waals surface area contributed by atoms with Gasteiger partial charge in [0.2, 0.25) is 0 Å². The average molecular weight is 262 g/mol. The van der Waals surface area contributed by atoms with Crippen LogP contribution in [0, 0.1) is 10.1 Å². The van der Waals surface area contributed by atoms with Gasteiger partial charge in [-0.05, 0) is 12.5 Å². The van der Waals surface area contributed by atoms with Gasteiger partial charge in [-0.2, -0.15) is 0 Å². The standard InChI is InChI=1S/C10H9Cl2NO3/c1-2-3-10(14)6-4-9(13(15)16)8(12)5-7(6)11/h4-5H,2-3H2,1H3. The fourth-order valence-electron chi connectivity index (χ4n) is 1.25. The molecule has 0 saturated heterocycles. The van der Waals surface area contributed by atoms with Crippen LogP contribution < -0.4 is 0 Å². The lowest BCUT2D eigenvalue weighted by atomic mass is 10.1. The van der Waals surface area contributed by atoms with Crippen molar-refractivity contribution in [3.05, 3.63) is 37.9 Å². The number of nitro groups is 1. The number of nitro benzene ring substituents is 1. The fraction of sp³-hybridized carbons (Fsp3) is 0.300. The molecular weight excluding hydrogens is 253 g/mol. The van der Waals surface area contributed by atoms with E-state index >= 15 is 0 Å². The Balaban J connectivity index is 3.24. The van der Waals surface area contributed by atoms with Crippen LogP contribution in [0.25, 0.3) is 0 Å². The number of benzene rings is 1. The minimum absolute atomic E-state index is 0.0666. The molecule has 0 fully saturated rings. The van der Waals surface area contributed by atoms with Gasteiger partial charge < -0.3 is 0 Å². The largest absolute Gasteiger partial charge is 0.294 e. The molecule has 86 valence electrons. The summed E-state index contributed by atoms with van der Waals surface area (Å²) in [6, 6.07) is 2.35. The molecule has 1 aromatic rings. The number of nitrogens with zero attached hydrogens (tertiary/aromatic N) is 1. The Bertz CT molecular complexity index is 446. The second-order valence-electron chi connectivity index (χ2n) is 3.21. The molecule has 0 bridgehead atoms. The second kappa shape index (κ2) is 5.27. The first-order valence-corrected chi connectivity index (χ1v) is 5.39. The number of hydrogen-bond acceptors (Lipinski definition) is 3. The van der Waals surface area contributed by atoms with E-state index in [1.165, 1.54) is 6.07 Å². The van der Waals surface area contributed by atoms with Crippen LogP contribution in [0.5, 0.6) is 0 Å². The molecule has 16 heavy (non-hydrogen) atoms. The van der Waals surface area contributed by atoms with Gasteiger partial charge in [-0.25, -0.2) is 0 Å². The smallest absolute Gasteiger partial charge is 0.288 e. The molecule has 0 aliphatic carbocycles. The van der Waals surface area contributed by atoms with E-state index in [0.29, 0.717) is 12.8 Å². The third kappa shape index (κ3) is 2.71. The lowest BCUT2D eigenvalue weighted by Crippen LogP contribution is -2.01. The van der Waals surface area contributed by atoms with E-state index in [-0.39, 0.29) is 27.1 Å². The summed E-state index contributed by atoms with van der Waals surface area (Å²) in [5, 5.41) is 10.7. The summed E-state index contributed by atoms with van der Waals surface area (Å²) >= 11 is 11.4. The quantitative estimate of drug-likeness (QED) is 0.470. The molecule has 0 spiro atoms. The number of Topliss-reactive ketones (excluding diaryl/α,β-unsaturated/α-hetero) is 1. The minimum Gasteiger partial charge on any atom is -0.294 e. The van der Waals surface area contributed by atoms with Gasteiger partial charge in [-0.3, -0.25) is 14.9 Å². The highest BCUT2D eigenvalue weighted by atomic mass is 35.5. The first kappa shape index (κ1) is 12.9. The summed E-state index contributed by atoms with van der Waals surface area (Å²) < 4.78 is 0. The minimum atomic E-state index is -0.638. The summed E-state index contributed by atoms with van der Waals surface area (Å²) in [5.41, 5.74) is -0.148. The number of hydrogen-bond donors (Lipinski definition) is 0. The lowest BCUT2D eigenvalue weighted by Gasteiger charge is -2.03. The summed E-state index contributed by atoms with van der Waals surface area (Å²) in [7, 11) is 0. The predicted octanol–water partition coefficient (Wildman–Crippen LogP) is 3.88. The summed E-state index contributed by atoms with van der Waals surface area (Å²) in [4.78, 5) is 21.6. The molecule has 4 nitrogen and oxygen atoms in total. The highest BCUT2D eigenvalue weighted by molar-refractivity contribution is 6.38. The molecule has 0 unspecified atom stereocenters. The third-order valence-corrected chi connectivity index (χ3v) is 2.63. The molecule has 1 aromatic carbocycles. The zero-order chi connectivity index (χ0) is 12.3. The van der Waals surface area contributed by atoms with Crippen molar-refractivity contribution in [1.82, 2.24) is 0 Å². The summed E-state index contributed by atoms with van der Waals surface area (Å²) in [5.74, 6) is -0.215. The molecule has 0 aliphatic heterocycles. The van der Waals surface area contributed by atoms with E-state index in [2.05, 4.69) is 0 Å². The normalized spacial score (nSPS) is 10.2. The van der Waals surface area contributed by atoms with Crippen molar-refractivity contribution in [3.63, 3.8) is 0 Å². The zero-order valence-electron chi connectivity index (χ0n) is 8.50. The van der Waals surface area contributed by atoms with Gasteiger partial charge in [0.1, 0.15) is 5.02 Å². The van der Waals surface area contributed by atoms with Crippen molar-refractivity contribution in [2.45, 2.75) is 19.8 Å². The molecular formula is C10H9Cl2NO3. The van der Waals surface area contributed by atoms with Gasteiger partial charge in [-0.15, -0.1) is 0 Å². The second-order valence-corrected chi connectivity index (χ2v) is 4.03. The van der Waals surface area contributed by atoms with Crippen molar-refractivity contribution >= 4 is 34.7 Å². The maximum atomic E-state index is 11.6. The van der Waals surface area contributed by atoms with Crippen molar-refractivity contribution in [1.29, 1.82) is 0 Å². The number of halogens is 2. The topological polar surface area (TPSA) is 60.2 Å². The highest BCUT2D eigenvalue weighted by Crippen LogP contribution is 2.31. The molecule has 0 aliphatic rings. The van der Waals surface area contributed by atoms with Crippen molar-refractivity contribution < 1.29 is 9.72 Å². The Labute approximate surface area is 102 Å². The van der Waals surface area contributed by atoms with E-state index in [1.54, 1.807) is 0 Å². The molecule has 0 N–H and O–H groups in total. The van der Waals surface area contributed by atoms with E-state index in [0.717, 1.165) is 6.07 Å². The lowest BCUT2D eigenvalue weighted by molar-refractivity contribution is -0.384. The predicted molar refractivity (Wildman–Crippen MR) is 62.4 cm³/mol. The van der Waals surface area contributed by atoms with E-state index < -0.39 is 4.92 Å². The van der Waals surface area contributed by atoms with Crippen molar-refractivity contribution in [3.8, 4) is 0 Å². The first-order valence-electron chi connectivity index (χ1n) is 4.64. The average Bonchev–Trinajstić information content (AvgIpc) is 2.17. The maximum Gasteiger partial charge on any atom is 0.288 e. The highest BCUT2D eigenvalue weighted by Gasteiger charge is 2.19. The van der Waals surface area contributed by atoms with Gasteiger partial charge in [0.05, 0.1) is 9.95 Å².